The second kappa shape index (κ2) is 12.9. The van der Waals surface area contributed by atoms with E-state index < -0.39 is 42.8 Å². The van der Waals surface area contributed by atoms with Gasteiger partial charge < -0.3 is 54.0 Å². The number of methoxy groups -OCH3 is 1. The number of aliphatic hydroxyl groups excluding tert-OH is 5. The van der Waals surface area contributed by atoms with Crippen molar-refractivity contribution >= 4 is 16.9 Å². The van der Waals surface area contributed by atoms with Crippen LogP contribution in [0, 0.1) is 0 Å². The maximum absolute atomic E-state index is 12.1. The summed E-state index contributed by atoms with van der Waals surface area (Å²) in [5, 5.41) is 61.6. The van der Waals surface area contributed by atoms with Crippen molar-refractivity contribution in [2.75, 3.05) is 33.5 Å². The molecule has 2 heterocycles. The summed E-state index contributed by atoms with van der Waals surface area (Å²) in [6.07, 6.45) is -4.49. The third-order valence-corrected chi connectivity index (χ3v) is 6.48. The van der Waals surface area contributed by atoms with Crippen molar-refractivity contribution in [3.63, 3.8) is 0 Å². The number of ether oxygens (including phenoxy) is 4. The zero-order valence-electron chi connectivity index (χ0n) is 21.0. The van der Waals surface area contributed by atoms with Crippen LogP contribution in [0.3, 0.4) is 0 Å². The molecule has 6 N–H and O–H groups in total. The number of hydrogen-bond donors (Lipinski definition) is 6. The van der Waals surface area contributed by atoms with Crippen molar-refractivity contribution in [3.8, 4) is 11.5 Å². The number of carbonyl (C=O) groups excluding carboxylic acids is 1. The molecule has 1 aromatic heterocycles. The molecule has 1 fully saturated rings. The molecule has 0 radical (unpaired) electrons. The van der Waals surface area contributed by atoms with E-state index in [0.29, 0.717) is 22.9 Å². The fraction of sp³-hybridized carbons (Fsp3) is 0.640. The number of esters is 1. The standard InChI is InChI=1S/C25H36O12/c1-3-34-18(29)6-5-14-11-16-15(7-10-27)13-35-21(16)22(33-2)20(14)37-24-25(32,8-4-9-26)23(31)19(30)17(12-28)36-24/h11,13,17,19,23-24,26-28,30-32H,3-10,12H2,1-2H3. The van der Waals surface area contributed by atoms with Gasteiger partial charge in [0.05, 0.1) is 26.6 Å². The molecule has 1 aliphatic rings. The van der Waals surface area contributed by atoms with E-state index in [2.05, 4.69) is 0 Å². The van der Waals surface area contributed by atoms with Crippen LogP contribution >= 0.6 is 0 Å². The van der Waals surface area contributed by atoms with Gasteiger partial charge in [-0.15, -0.1) is 0 Å². The average molecular weight is 529 g/mol. The molecule has 0 aliphatic carbocycles. The zero-order chi connectivity index (χ0) is 27.2. The van der Waals surface area contributed by atoms with E-state index in [4.69, 9.17) is 23.4 Å². The first kappa shape index (κ1) is 29.1. The van der Waals surface area contributed by atoms with Gasteiger partial charge in [0.2, 0.25) is 12.0 Å². The van der Waals surface area contributed by atoms with Gasteiger partial charge in [0.25, 0.3) is 0 Å². The topological polar surface area (TPSA) is 189 Å². The van der Waals surface area contributed by atoms with E-state index in [-0.39, 0.29) is 62.6 Å². The van der Waals surface area contributed by atoms with E-state index in [1.54, 1.807) is 13.0 Å². The highest BCUT2D eigenvalue weighted by atomic mass is 16.7. The summed E-state index contributed by atoms with van der Waals surface area (Å²) in [5.74, 6) is -0.269. The maximum Gasteiger partial charge on any atom is 0.306 e. The Hall–Kier alpha value is -2.45. The summed E-state index contributed by atoms with van der Waals surface area (Å²) in [5.41, 5.74) is -0.716. The van der Waals surface area contributed by atoms with Crippen molar-refractivity contribution in [2.45, 2.75) is 69.2 Å². The average Bonchev–Trinajstić information content (AvgIpc) is 3.29. The summed E-state index contributed by atoms with van der Waals surface area (Å²) in [4.78, 5) is 12.1. The van der Waals surface area contributed by atoms with E-state index in [1.807, 2.05) is 0 Å². The minimum atomic E-state index is -2.17. The second-order valence-electron chi connectivity index (χ2n) is 8.88. The Balaban J connectivity index is 2.11. The number of aryl methyl sites for hydroxylation is 1. The van der Waals surface area contributed by atoms with Gasteiger partial charge in [-0.1, -0.05) is 0 Å². The van der Waals surface area contributed by atoms with Gasteiger partial charge in [-0.05, 0) is 44.2 Å². The number of furan rings is 1. The van der Waals surface area contributed by atoms with Crippen LogP contribution in [0.1, 0.15) is 37.3 Å². The highest BCUT2D eigenvalue weighted by molar-refractivity contribution is 5.90. The predicted molar refractivity (Wildman–Crippen MR) is 128 cm³/mol. The van der Waals surface area contributed by atoms with Crippen molar-refractivity contribution in [1.29, 1.82) is 0 Å². The highest BCUT2D eigenvalue weighted by Gasteiger charge is 2.56. The van der Waals surface area contributed by atoms with Crippen LogP contribution in [0.2, 0.25) is 0 Å². The lowest BCUT2D eigenvalue weighted by Gasteiger charge is -2.47. The van der Waals surface area contributed by atoms with E-state index >= 15 is 0 Å². The molecule has 0 saturated carbocycles. The minimum Gasteiger partial charge on any atom is -0.490 e. The lowest BCUT2D eigenvalue weighted by molar-refractivity contribution is -0.322. The lowest BCUT2D eigenvalue weighted by atomic mass is 9.83. The highest BCUT2D eigenvalue weighted by Crippen LogP contribution is 2.44. The molecule has 37 heavy (non-hydrogen) atoms. The van der Waals surface area contributed by atoms with Gasteiger partial charge in [0, 0.05) is 30.6 Å². The Morgan fingerprint density at radius 3 is 2.49 bits per heavy atom. The van der Waals surface area contributed by atoms with Gasteiger partial charge >= 0.3 is 5.97 Å². The summed E-state index contributed by atoms with van der Waals surface area (Å²) in [6, 6.07) is 1.71. The van der Waals surface area contributed by atoms with E-state index in [1.165, 1.54) is 13.4 Å². The van der Waals surface area contributed by atoms with Gasteiger partial charge in [-0.2, -0.15) is 0 Å². The van der Waals surface area contributed by atoms with Crippen molar-refractivity contribution < 1.29 is 58.8 Å². The molecule has 208 valence electrons. The molecule has 0 amide bonds. The molecule has 1 saturated heterocycles. The van der Waals surface area contributed by atoms with Gasteiger partial charge in [0.15, 0.2) is 16.9 Å². The summed E-state index contributed by atoms with van der Waals surface area (Å²) >= 11 is 0. The van der Waals surface area contributed by atoms with Gasteiger partial charge in [-0.25, -0.2) is 0 Å². The molecule has 12 nitrogen and oxygen atoms in total. The largest absolute Gasteiger partial charge is 0.490 e. The number of aliphatic hydroxyl groups is 6. The SMILES string of the molecule is CCOC(=O)CCc1cc2c(CCO)coc2c(OC)c1OC1OC(CO)C(O)C(O)C1(O)CCCO. The quantitative estimate of drug-likeness (QED) is 0.188. The normalized spacial score (nSPS) is 25.8. The van der Waals surface area contributed by atoms with Crippen molar-refractivity contribution in [1.82, 2.24) is 0 Å². The Morgan fingerprint density at radius 2 is 1.86 bits per heavy atom. The molecule has 1 aromatic carbocycles. The molecule has 5 unspecified atom stereocenters. The first-order chi connectivity index (χ1) is 17.7. The lowest BCUT2D eigenvalue weighted by Crippen LogP contribution is -2.68. The number of rotatable bonds is 13. The summed E-state index contributed by atoms with van der Waals surface area (Å²) < 4.78 is 28.1. The summed E-state index contributed by atoms with van der Waals surface area (Å²) in [7, 11) is 1.37. The number of hydrogen-bond acceptors (Lipinski definition) is 12. The number of benzene rings is 1. The van der Waals surface area contributed by atoms with Crippen molar-refractivity contribution in [2.24, 2.45) is 0 Å². The fourth-order valence-electron chi connectivity index (χ4n) is 4.52. The first-order valence-corrected chi connectivity index (χ1v) is 12.2. The molecule has 3 rings (SSSR count). The molecule has 5 atom stereocenters. The number of carbonyl (C=O) groups is 1. The minimum absolute atomic E-state index is 0.00699. The Labute approximate surface area is 213 Å². The third-order valence-electron chi connectivity index (χ3n) is 6.48. The molecule has 12 heteroatoms. The van der Waals surface area contributed by atoms with E-state index in [9.17, 15) is 35.4 Å². The molecule has 0 spiro atoms. The van der Waals surface area contributed by atoms with Crippen molar-refractivity contribution in [3.05, 3.63) is 23.5 Å². The first-order valence-electron chi connectivity index (χ1n) is 12.2. The van der Waals surface area contributed by atoms with Crippen LogP contribution in [0.5, 0.6) is 11.5 Å². The van der Waals surface area contributed by atoms with Gasteiger partial charge in [-0.3, -0.25) is 4.79 Å². The Morgan fingerprint density at radius 1 is 1.11 bits per heavy atom. The summed E-state index contributed by atoms with van der Waals surface area (Å²) in [6.45, 7) is 0.816. The Kier molecular flexibility index (Phi) is 10.1. The molecular formula is C25H36O12. The van der Waals surface area contributed by atoms with Crippen LogP contribution in [0.25, 0.3) is 11.0 Å². The van der Waals surface area contributed by atoms with Gasteiger partial charge in [0.1, 0.15) is 18.3 Å². The number of fused-ring (bicyclic) bond motifs is 1. The zero-order valence-corrected chi connectivity index (χ0v) is 21.0. The monoisotopic (exact) mass is 528 g/mol. The molecular weight excluding hydrogens is 492 g/mol. The molecule has 0 bridgehead atoms. The van der Waals surface area contributed by atoms with Crippen LogP contribution in [0.15, 0.2) is 16.7 Å². The second-order valence-corrected chi connectivity index (χ2v) is 8.88. The smallest absolute Gasteiger partial charge is 0.306 e. The van der Waals surface area contributed by atoms with E-state index in [0.717, 1.165) is 0 Å². The van der Waals surface area contributed by atoms with Crippen LogP contribution in [0.4, 0.5) is 0 Å². The fourth-order valence-corrected chi connectivity index (χ4v) is 4.52. The van der Waals surface area contributed by atoms with Crippen LogP contribution in [-0.4, -0.2) is 100 Å². The maximum atomic E-state index is 12.1. The molecule has 2 aromatic rings. The van der Waals surface area contributed by atoms with Crippen LogP contribution < -0.4 is 9.47 Å². The molecule has 1 aliphatic heterocycles. The van der Waals surface area contributed by atoms with Crippen LogP contribution in [-0.2, 0) is 27.1 Å². The predicted octanol–water partition coefficient (Wildman–Crippen LogP) is -0.207. The Bertz CT molecular complexity index is 1040. The third kappa shape index (κ3) is 6.01.